The Kier molecular flexibility index (Phi) is 2.28. The fourth-order valence-electron chi connectivity index (χ4n) is 0.612. The average Bonchev–Trinajstić information content (AvgIpc) is 1.95. The van der Waals surface area contributed by atoms with Gasteiger partial charge in [0.05, 0.1) is 5.56 Å². The molecule has 0 atom stereocenters. The minimum atomic E-state index is -0.526. The topological polar surface area (TPSA) is 65.7 Å². The first-order valence-electron chi connectivity index (χ1n) is 2.83. The molecule has 58 valence electrons. The van der Waals surface area contributed by atoms with Crippen molar-refractivity contribution in [1.82, 2.24) is 9.97 Å². The van der Waals surface area contributed by atoms with Crippen LogP contribution in [0.15, 0.2) is 21.3 Å². The SMILES string of the molecule is O=c1[nH]cc(C=CCl)c(=O)[nH]1. The van der Waals surface area contributed by atoms with Crippen LogP contribution in [0.1, 0.15) is 5.56 Å². The number of hydrogen-bond donors (Lipinski definition) is 2. The van der Waals surface area contributed by atoms with E-state index in [1.165, 1.54) is 17.8 Å². The highest BCUT2D eigenvalue weighted by molar-refractivity contribution is 6.27. The van der Waals surface area contributed by atoms with Crippen LogP contribution >= 0.6 is 11.6 Å². The highest BCUT2D eigenvalue weighted by Gasteiger charge is 1.92. The number of nitrogens with one attached hydrogen (secondary N) is 2. The van der Waals surface area contributed by atoms with Gasteiger partial charge in [-0.25, -0.2) is 4.79 Å². The van der Waals surface area contributed by atoms with Gasteiger partial charge in [-0.15, -0.1) is 0 Å². The van der Waals surface area contributed by atoms with Gasteiger partial charge in [-0.3, -0.25) is 9.78 Å². The Morgan fingerprint density at radius 1 is 1.45 bits per heavy atom. The maximum Gasteiger partial charge on any atom is 0.325 e. The molecule has 0 saturated heterocycles. The van der Waals surface area contributed by atoms with Crippen molar-refractivity contribution in [3.8, 4) is 0 Å². The zero-order chi connectivity index (χ0) is 8.27. The summed E-state index contributed by atoms with van der Waals surface area (Å²) >= 11 is 5.22. The fourth-order valence-corrected chi connectivity index (χ4v) is 0.748. The number of halogens is 1. The van der Waals surface area contributed by atoms with Gasteiger partial charge in [0.25, 0.3) is 5.56 Å². The van der Waals surface area contributed by atoms with Crippen LogP contribution in [0.4, 0.5) is 0 Å². The van der Waals surface area contributed by atoms with Crippen LogP contribution in [0.5, 0.6) is 0 Å². The minimum Gasteiger partial charge on any atom is -0.314 e. The van der Waals surface area contributed by atoms with Gasteiger partial charge in [0.15, 0.2) is 0 Å². The van der Waals surface area contributed by atoms with Gasteiger partial charge in [-0.1, -0.05) is 11.6 Å². The summed E-state index contributed by atoms with van der Waals surface area (Å²) in [7, 11) is 0. The molecule has 0 fully saturated rings. The Morgan fingerprint density at radius 3 is 2.73 bits per heavy atom. The molecule has 4 nitrogen and oxygen atoms in total. The summed E-state index contributed by atoms with van der Waals surface area (Å²) in [6, 6.07) is 0. The van der Waals surface area contributed by atoms with Crippen LogP contribution in [-0.2, 0) is 0 Å². The standard InChI is InChI=1S/C6H5ClN2O2/c7-2-1-4-3-8-6(11)9-5(4)10/h1-3H,(H2,8,9,10,11). The molecule has 0 aromatic carbocycles. The highest BCUT2D eigenvalue weighted by atomic mass is 35.5. The second kappa shape index (κ2) is 3.21. The first kappa shape index (κ1) is 7.81. The monoisotopic (exact) mass is 172 g/mol. The van der Waals surface area contributed by atoms with Gasteiger partial charge >= 0.3 is 5.69 Å². The molecule has 0 amide bonds. The Bertz CT molecular complexity index is 377. The summed E-state index contributed by atoms with van der Waals surface area (Å²) in [6.07, 6.45) is 2.68. The van der Waals surface area contributed by atoms with Crippen molar-refractivity contribution < 1.29 is 0 Å². The summed E-state index contributed by atoms with van der Waals surface area (Å²) in [5, 5.41) is 0. The summed E-state index contributed by atoms with van der Waals surface area (Å²) < 4.78 is 0. The van der Waals surface area contributed by atoms with Crippen molar-refractivity contribution in [2.24, 2.45) is 0 Å². The first-order valence-corrected chi connectivity index (χ1v) is 3.26. The van der Waals surface area contributed by atoms with Gasteiger partial charge in [0.1, 0.15) is 0 Å². The first-order chi connectivity index (χ1) is 5.24. The molecule has 0 spiro atoms. The van der Waals surface area contributed by atoms with E-state index >= 15 is 0 Å². The van der Waals surface area contributed by atoms with Gasteiger partial charge in [0, 0.05) is 11.7 Å². The number of rotatable bonds is 1. The smallest absolute Gasteiger partial charge is 0.314 e. The third-order valence-electron chi connectivity index (χ3n) is 1.09. The van der Waals surface area contributed by atoms with Crippen molar-refractivity contribution in [2.75, 3.05) is 0 Å². The van der Waals surface area contributed by atoms with E-state index < -0.39 is 11.2 Å². The predicted octanol–water partition coefficient (Wildman–Crippen LogP) is 0.273. The number of aromatic amines is 2. The normalized spacial score (nSPS) is 10.6. The van der Waals surface area contributed by atoms with Crippen molar-refractivity contribution in [3.05, 3.63) is 38.1 Å². The Morgan fingerprint density at radius 2 is 2.18 bits per heavy atom. The molecule has 0 aliphatic carbocycles. The molecular formula is C6H5ClN2O2. The zero-order valence-electron chi connectivity index (χ0n) is 5.43. The summed E-state index contributed by atoms with van der Waals surface area (Å²) in [5.41, 5.74) is 0.537. The van der Waals surface area contributed by atoms with Crippen LogP contribution in [0, 0.1) is 0 Å². The molecule has 2 N–H and O–H groups in total. The zero-order valence-corrected chi connectivity index (χ0v) is 6.18. The quantitative estimate of drug-likeness (QED) is 0.639. The fraction of sp³-hybridized carbons (Fsp3) is 0. The summed E-state index contributed by atoms with van der Waals surface area (Å²) in [6.45, 7) is 0. The summed E-state index contributed by atoms with van der Waals surface area (Å²) in [5.74, 6) is 0. The van der Waals surface area contributed by atoms with Crippen molar-refractivity contribution in [2.45, 2.75) is 0 Å². The maximum absolute atomic E-state index is 10.8. The van der Waals surface area contributed by atoms with Crippen molar-refractivity contribution >= 4 is 17.7 Å². The van der Waals surface area contributed by atoms with E-state index in [0.29, 0.717) is 5.56 Å². The molecule has 1 aromatic heterocycles. The van der Waals surface area contributed by atoms with E-state index in [9.17, 15) is 9.59 Å². The second-order valence-electron chi connectivity index (χ2n) is 1.82. The second-order valence-corrected chi connectivity index (χ2v) is 2.07. The largest absolute Gasteiger partial charge is 0.325 e. The molecule has 0 aliphatic heterocycles. The molecule has 11 heavy (non-hydrogen) atoms. The molecule has 0 unspecified atom stereocenters. The lowest BCUT2D eigenvalue weighted by molar-refractivity contribution is 1.03. The van der Waals surface area contributed by atoms with Gasteiger partial charge in [-0.05, 0) is 6.08 Å². The van der Waals surface area contributed by atoms with Gasteiger partial charge in [0.2, 0.25) is 0 Å². The van der Waals surface area contributed by atoms with Crippen LogP contribution in [-0.4, -0.2) is 9.97 Å². The van der Waals surface area contributed by atoms with E-state index in [4.69, 9.17) is 11.6 Å². The summed E-state index contributed by atoms with van der Waals surface area (Å²) in [4.78, 5) is 25.7. The van der Waals surface area contributed by atoms with Crippen molar-refractivity contribution in [1.29, 1.82) is 0 Å². The Labute approximate surface area is 66.5 Å². The van der Waals surface area contributed by atoms with E-state index in [1.807, 2.05) is 4.98 Å². The lowest BCUT2D eigenvalue weighted by atomic mass is 10.3. The van der Waals surface area contributed by atoms with E-state index in [-0.39, 0.29) is 0 Å². The van der Waals surface area contributed by atoms with Crippen LogP contribution in [0.3, 0.4) is 0 Å². The highest BCUT2D eigenvalue weighted by Crippen LogP contribution is 1.90. The predicted molar refractivity (Wildman–Crippen MR) is 42.6 cm³/mol. The third-order valence-corrected chi connectivity index (χ3v) is 1.22. The average molecular weight is 173 g/mol. The van der Waals surface area contributed by atoms with E-state index in [1.54, 1.807) is 0 Å². The number of H-pyrrole nitrogens is 2. The molecule has 1 heterocycles. The third kappa shape index (κ3) is 1.81. The number of aromatic nitrogens is 2. The molecule has 5 heteroatoms. The Balaban J connectivity index is 3.31. The molecule has 0 saturated carbocycles. The van der Waals surface area contributed by atoms with E-state index in [0.717, 1.165) is 0 Å². The molecule has 0 bridgehead atoms. The number of hydrogen-bond acceptors (Lipinski definition) is 2. The van der Waals surface area contributed by atoms with E-state index in [2.05, 4.69) is 4.98 Å². The minimum absolute atomic E-state index is 0.319. The molecular weight excluding hydrogens is 168 g/mol. The maximum atomic E-state index is 10.8. The van der Waals surface area contributed by atoms with Crippen LogP contribution in [0.2, 0.25) is 0 Å². The lowest BCUT2D eigenvalue weighted by Crippen LogP contribution is -2.22. The van der Waals surface area contributed by atoms with Gasteiger partial charge < -0.3 is 4.98 Å². The van der Waals surface area contributed by atoms with Crippen LogP contribution in [0.25, 0.3) is 6.08 Å². The molecule has 1 aromatic rings. The molecule has 1 rings (SSSR count). The van der Waals surface area contributed by atoms with Gasteiger partial charge in [-0.2, -0.15) is 0 Å². The molecule has 0 radical (unpaired) electrons. The Hall–Kier alpha value is -1.29. The lowest BCUT2D eigenvalue weighted by Gasteiger charge is -1.87. The van der Waals surface area contributed by atoms with Crippen molar-refractivity contribution in [3.63, 3.8) is 0 Å². The van der Waals surface area contributed by atoms with Crippen LogP contribution < -0.4 is 11.2 Å². The molecule has 0 aliphatic rings.